The Morgan fingerprint density at radius 2 is 1.45 bits per heavy atom. The largest absolute Gasteiger partial charge is 0.105 e. The molecule has 0 heterocycles. The van der Waals surface area contributed by atoms with Gasteiger partial charge in [0.05, 0.1) is 0 Å². The molecule has 0 aromatic carbocycles. The second kappa shape index (κ2) is 4.85. The van der Waals surface area contributed by atoms with Crippen LogP contribution in [0.3, 0.4) is 0 Å². The number of rotatable bonds is 0. The molecule has 0 amide bonds. The Labute approximate surface area is 72.2 Å². The van der Waals surface area contributed by atoms with Crippen molar-refractivity contribution in [3.05, 3.63) is 0 Å². The molecule has 0 saturated heterocycles. The predicted octanol–water partition coefficient (Wildman–Crippen LogP) is 2.79. The summed E-state index contributed by atoms with van der Waals surface area (Å²) in [6.45, 7) is 2.41. The van der Waals surface area contributed by atoms with Crippen LogP contribution >= 0.6 is 0 Å². The molecule has 0 aromatic rings. The van der Waals surface area contributed by atoms with Crippen LogP contribution in [0.4, 0.5) is 0 Å². The van der Waals surface area contributed by atoms with Crippen LogP contribution in [0.2, 0.25) is 5.82 Å². The lowest BCUT2D eigenvalue weighted by Crippen LogP contribution is -1.93. The van der Waals surface area contributed by atoms with E-state index in [4.69, 9.17) is 0 Å². The van der Waals surface area contributed by atoms with Gasteiger partial charge in [0.15, 0.2) is 0 Å². The van der Waals surface area contributed by atoms with Crippen LogP contribution in [-0.2, 0) is 0 Å². The molecule has 1 aliphatic carbocycles. The summed E-state index contributed by atoms with van der Waals surface area (Å²) >= 11 is 0. The van der Waals surface area contributed by atoms with Gasteiger partial charge in [0.2, 0.25) is 0 Å². The topological polar surface area (TPSA) is 0 Å². The molecular weight excluding hydrogens is 131 g/mol. The lowest BCUT2D eigenvalue weighted by Gasteiger charge is -2.08. The summed E-state index contributed by atoms with van der Waals surface area (Å²) in [6, 6.07) is 0. The molecule has 2 unspecified atom stereocenters. The fraction of sp³-hybridized carbons (Fsp3) is 1.00. The second-order valence-electron chi connectivity index (χ2n) is 4.43. The zero-order chi connectivity index (χ0) is 8.10. The lowest BCUT2D eigenvalue weighted by atomic mass is 9.80. The minimum absolute atomic E-state index is 1.00. The molecule has 2 atom stereocenters. The maximum Gasteiger partial charge on any atom is 0.105 e. The van der Waals surface area contributed by atoms with Crippen molar-refractivity contribution in [3.8, 4) is 0 Å². The van der Waals surface area contributed by atoms with Crippen LogP contribution < -0.4 is 0 Å². The standard InChI is InChI=1S/C10H21B/c1-9-5-2-3-7-10(11)8-4-6-9/h9-10H,2-8,11H2,1H3. The van der Waals surface area contributed by atoms with Crippen molar-refractivity contribution in [1.82, 2.24) is 0 Å². The summed E-state index contributed by atoms with van der Waals surface area (Å²) in [6.07, 6.45) is 10.3. The molecule has 1 heteroatoms. The third-order valence-corrected chi connectivity index (χ3v) is 3.04. The van der Waals surface area contributed by atoms with Gasteiger partial charge in [-0.3, -0.25) is 0 Å². The zero-order valence-corrected chi connectivity index (χ0v) is 8.10. The summed E-state index contributed by atoms with van der Waals surface area (Å²) in [5.74, 6) is 2.00. The average molecular weight is 152 g/mol. The van der Waals surface area contributed by atoms with E-state index >= 15 is 0 Å². The van der Waals surface area contributed by atoms with Crippen molar-refractivity contribution in [2.45, 2.75) is 57.7 Å². The lowest BCUT2D eigenvalue weighted by molar-refractivity contribution is 0.465. The van der Waals surface area contributed by atoms with Crippen molar-refractivity contribution < 1.29 is 0 Å². The average Bonchev–Trinajstić information content (AvgIpc) is 2.04. The molecular formula is C10H21B. The highest BCUT2D eigenvalue weighted by Gasteiger charge is 2.08. The zero-order valence-electron chi connectivity index (χ0n) is 8.10. The number of hydrogen-bond donors (Lipinski definition) is 0. The summed E-state index contributed by atoms with van der Waals surface area (Å²) in [7, 11) is 2.41. The third-order valence-electron chi connectivity index (χ3n) is 3.04. The quantitative estimate of drug-likeness (QED) is 0.468. The van der Waals surface area contributed by atoms with Crippen molar-refractivity contribution in [2.24, 2.45) is 5.92 Å². The summed E-state index contributed by atoms with van der Waals surface area (Å²) in [5, 5.41) is 0. The van der Waals surface area contributed by atoms with E-state index in [9.17, 15) is 0 Å². The fourth-order valence-corrected chi connectivity index (χ4v) is 2.09. The van der Waals surface area contributed by atoms with Crippen LogP contribution in [0.15, 0.2) is 0 Å². The van der Waals surface area contributed by atoms with Crippen molar-refractivity contribution in [3.63, 3.8) is 0 Å². The van der Waals surface area contributed by atoms with Crippen molar-refractivity contribution >= 4 is 7.85 Å². The molecule has 0 N–H and O–H groups in total. The van der Waals surface area contributed by atoms with Gasteiger partial charge in [0.1, 0.15) is 7.85 Å². The van der Waals surface area contributed by atoms with E-state index in [1.807, 2.05) is 0 Å². The van der Waals surface area contributed by atoms with E-state index in [2.05, 4.69) is 14.8 Å². The smallest absolute Gasteiger partial charge is 0.0697 e. The third kappa shape index (κ3) is 3.84. The monoisotopic (exact) mass is 152 g/mol. The van der Waals surface area contributed by atoms with Crippen LogP contribution in [0.1, 0.15) is 51.9 Å². The molecule has 0 bridgehead atoms. The van der Waals surface area contributed by atoms with Crippen LogP contribution in [0.5, 0.6) is 0 Å². The highest BCUT2D eigenvalue weighted by molar-refractivity contribution is 6.11. The first kappa shape index (κ1) is 9.16. The molecule has 1 saturated carbocycles. The van der Waals surface area contributed by atoms with Crippen molar-refractivity contribution in [1.29, 1.82) is 0 Å². The van der Waals surface area contributed by atoms with E-state index in [0.29, 0.717) is 0 Å². The van der Waals surface area contributed by atoms with Crippen molar-refractivity contribution in [2.75, 3.05) is 0 Å². The van der Waals surface area contributed by atoms with Gasteiger partial charge in [-0.1, -0.05) is 57.7 Å². The van der Waals surface area contributed by atoms with Gasteiger partial charge in [0.25, 0.3) is 0 Å². The number of hydrogen-bond acceptors (Lipinski definition) is 0. The first-order chi connectivity index (χ1) is 5.29. The van der Waals surface area contributed by atoms with Gasteiger partial charge in [0, 0.05) is 0 Å². The van der Waals surface area contributed by atoms with Gasteiger partial charge < -0.3 is 0 Å². The van der Waals surface area contributed by atoms with Gasteiger partial charge in [-0.25, -0.2) is 0 Å². The molecule has 1 aliphatic rings. The molecule has 0 aromatic heterocycles. The normalized spacial score (nSPS) is 35.4. The molecule has 11 heavy (non-hydrogen) atoms. The highest BCUT2D eigenvalue weighted by atomic mass is 14.1. The van der Waals surface area contributed by atoms with Gasteiger partial charge in [-0.2, -0.15) is 0 Å². The molecule has 0 aliphatic heterocycles. The Morgan fingerprint density at radius 3 is 2.27 bits per heavy atom. The van der Waals surface area contributed by atoms with E-state index in [1.54, 1.807) is 0 Å². The maximum absolute atomic E-state index is 2.41. The summed E-state index contributed by atoms with van der Waals surface area (Å²) in [4.78, 5) is 0. The van der Waals surface area contributed by atoms with Gasteiger partial charge in [-0.15, -0.1) is 0 Å². The highest BCUT2D eigenvalue weighted by Crippen LogP contribution is 2.25. The molecule has 64 valence electrons. The summed E-state index contributed by atoms with van der Waals surface area (Å²) < 4.78 is 0. The first-order valence-electron chi connectivity index (χ1n) is 5.29. The Bertz CT molecular complexity index is 89.0. The minimum Gasteiger partial charge on any atom is -0.0697 e. The van der Waals surface area contributed by atoms with E-state index < -0.39 is 0 Å². The van der Waals surface area contributed by atoms with Gasteiger partial charge in [-0.05, 0) is 5.92 Å². The van der Waals surface area contributed by atoms with Crippen LogP contribution in [-0.4, -0.2) is 7.85 Å². The second-order valence-corrected chi connectivity index (χ2v) is 4.43. The molecule has 0 spiro atoms. The van der Waals surface area contributed by atoms with E-state index in [1.165, 1.54) is 44.9 Å². The maximum atomic E-state index is 2.41. The molecule has 1 fully saturated rings. The van der Waals surface area contributed by atoms with Gasteiger partial charge >= 0.3 is 0 Å². The molecule has 0 radical (unpaired) electrons. The Morgan fingerprint density at radius 1 is 0.909 bits per heavy atom. The minimum atomic E-state index is 1.00. The van der Waals surface area contributed by atoms with E-state index in [0.717, 1.165) is 11.7 Å². The fourth-order valence-electron chi connectivity index (χ4n) is 2.09. The van der Waals surface area contributed by atoms with Crippen LogP contribution in [0, 0.1) is 5.92 Å². The molecule has 1 rings (SSSR count). The summed E-state index contributed by atoms with van der Waals surface area (Å²) in [5.41, 5.74) is 0. The Balaban J connectivity index is 2.24. The SMILES string of the molecule is BC1CCCCC(C)CCC1. The Kier molecular flexibility index (Phi) is 4.03. The van der Waals surface area contributed by atoms with Crippen LogP contribution in [0.25, 0.3) is 0 Å². The Hall–Kier alpha value is 0.0649. The first-order valence-corrected chi connectivity index (χ1v) is 5.29. The molecule has 0 nitrogen and oxygen atoms in total. The van der Waals surface area contributed by atoms with E-state index in [-0.39, 0.29) is 0 Å². The predicted molar refractivity (Wildman–Crippen MR) is 53.8 cm³/mol.